The Kier molecular flexibility index (Phi) is 22.1. The van der Waals surface area contributed by atoms with Crippen molar-refractivity contribution in [1.29, 1.82) is 15.8 Å². The average Bonchev–Trinajstić information content (AvgIpc) is 1.51. The highest BCUT2D eigenvalue weighted by atomic mass is 14.9. The Bertz CT molecular complexity index is 8050. The van der Waals surface area contributed by atoms with Gasteiger partial charge in [0, 0.05) is 71.9 Å². The molecule has 0 aliphatic heterocycles. The van der Waals surface area contributed by atoms with Crippen molar-refractivity contribution in [1.82, 2.24) is 29.9 Å². The number of benzene rings is 17. The summed E-state index contributed by atoms with van der Waals surface area (Å²) < 4.78 is 0. The van der Waals surface area contributed by atoms with E-state index in [2.05, 4.69) is 369 Å². The minimum Gasteiger partial charge on any atom is -0.228 e. The summed E-state index contributed by atoms with van der Waals surface area (Å²) in [4.78, 5) is 30.5. The van der Waals surface area contributed by atoms with Crippen molar-refractivity contribution in [2.24, 2.45) is 0 Å². The predicted molar refractivity (Wildman–Crippen MR) is 549 cm³/mol. The number of aromatic nitrogens is 6. The van der Waals surface area contributed by atoms with E-state index in [1.807, 2.05) is 121 Å². The van der Waals surface area contributed by atoms with Crippen molar-refractivity contribution in [3.63, 3.8) is 0 Å². The Balaban J connectivity index is 0.000000122. The van der Waals surface area contributed by atoms with E-state index in [9.17, 15) is 15.8 Å². The van der Waals surface area contributed by atoms with Crippen LogP contribution in [0.25, 0.3) is 191 Å². The molecule has 0 bridgehead atoms. The molecule has 0 unspecified atom stereocenters. The van der Waals surface area contributed by atoms with Gasteiger partial charge in [-0.25, -0.2) is 29.9 Å². The molecule has 9 heteroatoms. The summed E-state index contributed by atoms with van der Waals surface area (Å²) in [6, 6.07) is 156. The minimum absolute atomic E-state index is 0.183. The van der Waals surface area contributed by atoms with Gasteiger partial charge in [0.05, 0.1) is 69.1 Å². The van der Waals surface area contributed by atoms with Crippen LogP contribution < -0.4 is 0 Å². The van der Waals surface area contributed by atoms with Crippen molar-refractivity contribution in [2.45, 2.75) is 57.8 Å². The highest BCUT2D eigenvalue weighted by Gasteiger charge is 2.40. The van der Waals surface area contributed by atoms with E-state index in [0.717, 1.165) is 129 Å². The molecule has 0 fully saturated rings. The zero-order valence-electron chi connectivity index (χ0n) is 75.5. The second-order valence-corrected chi connectivity index (χ2v) is 36.1. The van der Waals surface area contributed by atoms with Gasteiger partial charge in [-0.1, -0.05) is 406 Å². The van der Waals surface area contributed by atoms with E-state index in [1.165, 1.54) is 77.9 Å². The van der Waals surface area contributed by atoms with Crippen LogP contribution >= 0.6 is 0 Å². The lowest BCUT2D eigenvalue weighted by atomic mass is 9.81. The first-order valence-electron chi connectivity index (χ1n) is 45.6. The molecule has 0 radical (unpaired) electrons. The Morgan fingerprint density at radius 2 is 0.467 bits per heavy atom. The molecule has 17 aromatic carbocycles. The van der Waals surface area contributed by atoms with Crippen LogP contribution in [0.1, 0.15) is 91.6 Å². The molecule has 3 aliphatic rings. The van der Waals surface area contributed by atoms with Crippen LogP contribution in [-0.2, 0) is 16.2 Å². The molecule has 9 nitrogen and oxygen atoms in total. The first-order chi connectivity index (χ1) is 66.0. The Morgan fingerprint density at radius 3 is 0.933 bits per heavy atom. The second-order valence-electron chi connectivity index (χ2n) is 36.1. The van der Waals surface area contributed by atoms with E-state index in [4.69, 9.17) is 29.9 Å². The van der Waals surface area contributed by atoms with Gasteiger partial charge in [0.1, 0.15) is 0 Å². The van der Waals surface area contributed by atoms with Gasteiger partial charge in [0.25, 0.3) is 0 Å². The fourth-order valence-electron chi connectivity index (χ4n) is 19.8. The van der Waals surface area contributed by atoms with Crippen LogP contribution in [0.5, 0.6) is 0 Å². The van der Waals surface area contributed by atoms with Gasteiger partial charge in [0.15, 0.2) is 17.5 Å². The van der Waals surface area contributed by atoms with Crippen LogP contribution in [0, 0.1) is 34.0 Å². The molecular weight excluding hydrogens is 1640 g/mol. The normalized spacial score (nSPS) is 12.7. The zero-order chi connectivity index (χ0) is 91.9. The number of rotatable bonds is 14. The third-order valence-electron chi connectivity index (χ3n) is 26.9. The number of hydrogen-bond donors (Lipinski definition) is 0. The van der Waals surface area contributed by atoms with E-state index < -0.39 is 0 Å². The van der Waals surface area contributed by atoms with Gasteiger partial charge in [-0.3, -0.25) is 0 Å². The summed E-state index contributed by atoms with van der Waals surface area (Å²) in [6.07, 6.45) is 0. The molecular formula is C126H89N9. The number of fused-ring (bicyclic) bond motifs is 9. The van der Waals surface area contributed by atoms with Gasteiger partial charge >= 0.3 is 0 Å². The Morgan fingerprint density at radius 1 is 0.170 bits per heavy atom. The zero-order valence-corrected chi connectivity index (χ0v) is 75.5. The van der Waals surface area contributed by atoms with Crippen LogP contribution in [0.2, 0.25) is 0 Å². The summed E-state index contributed by atoms with van der Waals surface area (Å²) in [7, 11) is 0. The average molecular weight is 1730 g/mol. The van der Waals surface area contributed by atoms with E-state index in [0.29, 0.717) is 34.2 Å². The number of nitrogens with zero attached hydrogens (tertiary/aromatic N) is 9. The minimum atomic E-state index is -0.210. The van der Waals surface area contributed by atoms with Gasteiger partial charge in [-0.15, -0.1) is 0 Å². The van der Waals surface area contributed by atoms with E-state index in [-0.39, 0.29) is 16.2 Å². The maximum atomic E-state index is 10.1. The third kappa shape index (κ3) is 16.0. The molecule has 0 N–H and O–H groups in total. The molecule has 20 aromatic rings. The van der Waals surface area contributed by atoms with Crippen LogP contribution in [0.15, 0.2) is 431 Å². The molecule has 3 heterocycles. The number of nitriles is 3. The highest BCUT2D eigenvalue weighted by Crippen LogP contribution is 2.56. The predicted octanol–water partition coefficient (Wildman–Crippen LogP) is 31.3. The summed E-state index contributed by atoms with van der Waals surface area (Å²) >= 11 is 0. The molecule has 135 heavy (non-hydrogen) atoms. The van der Waals surface area contributed by atoms with Gasteiger partial charge < -0.3 is 0 Å². The quantitative estimate of drug-likeness (QED) is 0.104. The lowest BCUT2D eigenvalue weighted by Crippen LogP contribution is -2.15. The van der Waals surface area contributed by atoms with E-state index in [1.54, 1.807) is 0 Å². The van der Waals surface area contributed by atoms with E-state index >= 15 is 0 Å². The number of hydrogen-bond acceptors (Lipinski definition) is 9. The first kappa shape index (κ1) is 84.3. The summed E-state index contributed by atoms with van der Waals surface area (Å²) in [6.45, 7) is 13.5. The van der Waals surface area contributed by atoms with Crippen molar-refractivity contribution in [2.75, 3.05) is 0 Å². The lowest BCUT2D eigenvalue weighted by Gasteiger charge is -2.22. The van der Waals surface area contributed by atoms with Gasteiger partial charge in [0.2, 0.25) is 0 Å². The smallest absolute Gasteiger partial charge is 0.160 e. The van der Waals surface area contributed by atoms with Crippen molar-refractivity contribution in [3.05, 3.63) is 481 Å². The fourth-order valence-corrected chi connectivity index (χ4v) is 19.8. The summed E-state index contributed by atoms with van der Waals surface area (Å²) in [5, 5.41) is 29.2. The molecule has 23 rings (SSSR count). The monoisotopic (exact) mass is 1730 g/mol. The summed E-state index contributed by atoms with van der Waals surface area (Å²) in [5.74, 6) is 2.06. The molecule has 0 saturated carbocycles. The van der Waals surface area contributed by atoms with Crippen molar-refractivity contribution >= 4 is 0 Å². The van der Waals surface area contributed by atoms with Crippen molar-refractivity contribution in [3.8, 4) is 209 Å². The second kappa shape index (κ2) is 35.4. The van der Waals surface area contributed by atoms with Gasteiger partial charge in [-0.2, -0.15) is 15.8 Å². The highest BCUT2D eigenvalue weighted by molar-refractivity contribution is 5.97. The molecule has 0 atom stereocenters. The Labute approximate surface area is 787 Å². The van der Waals surface area contributed by atoms with Crippen molar-refractivity contribution < 1.29 is 0 Å². The van der Waals surface area contributed by atoms with Crippen LogP contribution in [0.4, 0.5) is 0 Å². The maximum Gasteiger partial charge on any atom is 0.160 e. The van der Waals surface area contributed by atoms with Gasteiger partial charge in [-0.05, 0) is 184 Å². The van der Waals surface area contributed by atoms with Crippen LogP contribution in [-0.4, -0.2) is 29.9 Å². The molecule has 638 valence electrons. The molecule has 0 saturated heterocycles. The summed E-state index contributed by atoms with van der Waals surface area (Å²) in [5.41, 5.74) is 41.7. The standard InChI is InChI=1S/2C44H31N3.C38H27N3/c1-44(2)37-20-10-18-35(28-45)41(37)42-36(19-11-21-38(42)44)33-16-9-17-34(26-33)43-46-39(31-14-7-4-8-15-31)27-40(47-43)32-24-22-30(23-25-32)29-12-5-3-6-13-29;1-44(2)39-24-22-34(26-38(39)36-23-17-29(28-45)25-40(36)44)35-15-9-10-16-37(35)42-27-41(46-43(47-42)33-13-7-4-8-14-33)32-20-18-31(19-21-32)30-11-5-3-6-12-30;1-38(2)33-21-25(24-39)17-19-30(33)31-20-18-28(22-34(31)38)29-15-9-10-16-32(29)36-23-35(26-11-5-3-6-12-26)40-37(41-36)27-13-7-4-8-14-27/h2*3-27H,1-2H3;3-23H,1-2H3. The fraction of sp³-hybridized carbons (Fsp3) is 0.0714. The maximum absolute atomic E-state index is 10.1. The third-order valence-corrected chi connectivity index (χ3v) is 26.9. The molecule has 3 aromatic heterocycles. The Hall–Kier alpha value is -17.6. The first-order valence-corrected chi connectivity index (χ1v) is 45.6. The molecule has 0 amide bonds. The largest absolute Gasteiger partial charge is 0.228 e. The SMILES string of the molecule is CC1(C)c2cc(C#N)ccc2-c2ccc(-c3ccccc3-c3cc(-c4ccccc4)nc(-c4ccccc4)n3)cc21.CC1(C)c2ccc(-c3ccccc3-c3cc(-c4ccc(-c5ccccc5)cc4)nc(-c4ccccc4)n3)cc2-c2ccc(C#N)cc21.CC1(C)c2cccc(C#N)c2-c2c(-c3cccc(-c4nc(-c5ccccc5)cc(-c5ccc(-c6ccccc6)cc5)n4)c3)cccc21. The van der Waals surface area contributed by atoms with Crippen LogP contribution in [0.3, 0.4) is 0 Å². The lowest BCUT2D eigenvalue weighted by molar-refractivity contribution is 0.660. The molecule has 3 aliphatic carbocycles. The topological polar surface area (TPSA) is 149 Å². The molecule has 0 spiro atoms.